The maximum absolute atomic E-state index is 12.4. The van der Waals surface area contributed by atoms with Crippen LogP contribution in [0.2, 0.25) is 0 Å². The fourth-order valence-corrected chi connectivity index (χ4v) is 3.50. The highest BCUT2D eigenvalue weighted by Gasteiger charge is 2.42. The van der Waals surface area contributed by atoms with Gasteiger partial charge < -0.3 is 5.32 Å². The van der Waals surface area contributed by atoms with E-state index in [2.05, 4.69) is 17.3 Å². The highest BCUT2D eigenvalue weighted by atomic mass is 16.1. The van der Waals surface area contributed by atoms with Crippen molar-refractivity contribution in [1.29, 1.82) is 0 Å². The summed E-state index contributed by atoms with van der Waals surface area (Å²) in [6, 6.07) is 10.9. The van der Waals surface area contributed by atoms with Gasteiger partial charge in [-0.25, -0.2) is 0 Å². The minimum absolute atomic E-state index is 0.161. The normalized spacial score (nSPS) is 31.3. The van der Waals surface area contributed by atoms with Gasteiger partial charge in [0.1, 0.15) is 0 Å². The van der Waals surface area contributed by atoms with Crippen molar-refractivity contribution in [3.05, 3.63) is 30.3 Å². The molecule has 2 fully saturated rings. The quantitative estimate of drug-likeness (QED) is 0.867. The summed E-state index contributed by atoms with van der Waals surface area (Å²) < 4.78 is 0. The Labute approximate surface area is 108 Å². The first-order valence-electron chi connectivity index (χ1n) is 6.83. The Hall–Kier alpha value is -1.35. The number of benzene rings is 1. The standard InChI is InChI=1S/C15H20N2O/c1-17-12-7-9-13(14(17)10-8-12)15(18)16-11-5-3-2-4-6-11/h2-6,12-14H,7-10H2,1H3,(H,16,18). The zero-order valence-corrected chi connectivity index (χ0v) is 10.8. The van der Waals surface area contributed by atoms with Crippen molar-refractivity contribution in [2.75, 3.05) is 12.4 Å². The van der Waals surface area contributed by atoms with E-state index in [-0.39, 0.29) is 11.8 Å². The molecule has 0 radical (unpaired) electrons. The molecule has 2 aliphatic heterocycles. The Balaban J connectivity index is 1.69. The molecule has 3 heteroatoms. The predicted molar refractivity (Wildman–Crippen MR) is 72.4 cm³/mol. The molecule has 3 rings (SSSR count). The Morgan fingerprint density at radius 3 is 2.67 bits per heavy atom. The fourth-order valence-electron chi connectivity index (χ4n) is 3.50. The second kappa shape index (κ2) is 4.73. The Bertz CT molecular complexity index is 431. The summed E-state index contributed by atoms with van der Waals surface area (Å²) >= 11 is 0. The van der Waals surface area contributed by atoms with E-state index in [0.29, 0.717) is 6.04 Å². The minimum Gasteiger partial charge on any atom is -0.326 e. The molecule has 3 atom stereocenters. The lowest BCUT2D eigenvalue weighted by Crippen LogP contribution is -2.46. The SMILES string of the molecule is CN1C2CCC(C(=O)Nc3ccccc3)C1CC2. The van der Waals surface area contributed by atoms with Crippen LogP contribution in [0.3, 0.4) is 0 Å². The summed E-state index contributed by atoms with van der Waals surface area (Å²) in [6.07, 6.45) is 4.64. The molecule has 0 aromatic heterocycles. The molecule has 1 N–H and O–H groups in total. The maximum atomic E-state index is 12.4. The third kappa shape index (κ3) is 2.03. The van der Waals surface area contributed by atoms with Gasteiger partial charge in [0.15, 0.2) is 0 Å². The lowest BCUT2D eigenvalue weighted by molar-refractivity contribution is -0.123. The van der Waals surface area contributed by atoms with Gasteiger partial charge >= 0.3 is 0 Å². The molecular formula is C15H20N2O. The molecule has 1 aromatic carbocycles. The van der Waals surface area contributed by atoms with Gasteiger partial charge in [0.2, 0.25) is 5.91 Å². The van der Waals surface area contributed by atoms with Crippen LogP contribution in [0.15, 0.2) is 30.3 Å². The highest BCUT2D eigenvalue weighted by Crippen LogP contribution is 2.38. The van der Waals surface area contributed by atoms with Crippen LogP contribution in [-0.4, -0.2) is 29.9 Å². The van der Waals surface area contributed by atoms with Crippen molar-refractivity contribution in [2.24, 2.45) is 5.92 Å². The third-order valence-electron chi connectivity index (χ3n) is 4.55. The first-order valence-corrected chi connectivity index (χ1v) is 6.83. The molecule has 0 saturated carbocycles. The van der Waals surface area contributed by atoms with Gasteiger partial charge in [0, 0.05) is 17.8 Å². The Kier molecular flexibility index (Phi) is 3.08. The number of amides is 1. The molecule has 96 valence electrons. The van der Waals surface area contributed by atoms with Crippen LogP contribution in [-0.2, 0) is 4.79 Å². The van der Waals surface area contributed by atoms with Crippen molar-refractivity contribution in [2.45, 2.75) is 37.8 Å². The number of hydrogen-bond donors (Lipinski definition) is 1. The first kappa shape index (κ1) is 11.7. The molecule has 1 aromatic rings. The molecular weight excluding hydrogens is 224 g/mol. The molecule has 0 spiro atoms. The lowest BCUT2D eigenvalue weighted by Gasteiger charge is -2.36. The lowest BCUT2D eigenvalue weighted by atomic mass is 9.90. The van der Waals surface area contributed by atoms with Gasteiger partial charge in [-0.05, 0) is 44.9 Å². The molecule has 2 aliphatic rings. The summed E-state index contributed by atoms with van der Waals surface area (Å²) in [4.78, 5) is 14.8. The number of hydrogen-bond acceptors (Lipinski definition) is 2. The molecule has 1 amide bonds. The summed E-state index contributed by atoms with van der Waals surface area (Å²) in [5.74, 6) is 0.354. The van der Waals surface area contributed by atoms with Crippen LogP contribution in [0.25, 0.3) is 0 Å². The van der Waals surface area contributed by atoms with Crippen molar-refractivity contribution in [3.63, 3.8) is 0 Å². The van der Waals surface area contributed by atoms with E-state index in [1.807, 2.05) is 30.3 Å². The zero-order valence-electron chi connectivity index (χ0n) is 10.8. The van der Waals surface area contributed by atoms with Gasteiger partial charge in [-0.3, -0.25) is 9.69 Å². The van der Waals surface area contributed by atoms with Crippen LogP contribution >= 0.6 is 0 Å². The molecule has 0 aliphatic carbocycles. The minimum atomic E-state index is 0.161. The number of carbonyl (C=O) groups is 1. The van der Waals surface area contributed by atoms with Gasteiger partial charge in [-0.15, -0.1) is 0 Å². The van der Waals surface area contributed by atoms with Crippen molar-refractivity contribution in [3.8, 4) is 0 Å². The topological polar surface area (TPSA) is 32.3 Å². The van der Waals surface area contributed by atoms with Crippen LogP contribution in [0.4, 0.5) is 5.69 Å². The van der Waals surface area contributed by atoms with Crippen molar-refractivity contribution in [1.82, 2.24) is 4.90 Å². The van der Waals surface area contributed by atoms with E-state index < -0.39 is 0 Å². The van der Waals surface area contributed by atoms with Gasteiger partial charge in [0.05, 0.1) is 5.92 Å². The first-order chi connectivity index (χ1) is 8.75. The van der Waals surface area contributed by atoms with E-state index in [4.69, 9.17) is 0 Å². The number of carbonyl (C=O) groups excluding carboxylic acids is 1. The largest absolute Gasteiger partial charge is 0.326 e. The number of para-hydroxylation sites is 1. The number of piperidine rings is 1. The van der Waals surface area contributed by atoms with Crippen LogP contribution < -0.4 is 5.32 Å². The van der Waals surface area contributed by atoms with Crippen LogP contribution in [0.1, 0.15) is 25.7 Å². The average Bonchev–Trinajstić information content (AvgIpc) is 2.63. The molecule has 3 nitrogen and oxygen atoms in total. The predicted octanol–water partition coefficient (Wildman–Crippen LogP) is 2.50. The fraction of sp³-hybridized carbons (Fsp3) is 0.533. The van der Waals surface area contributed by atoms with Gasteiger partial charge in [0.25, 0.3) is 0 Å². The van der Waals surface area contributed by atoms with Gasteiger partial charge in [-0.2, -0.15) is 0 Å². The van der Waals surface area contributed by atoms with Crippen molar-refractivity contribution >= 4 is 11.6 Å². The third-order valence-corrected chi connectivity index (χ3v) is 4.55. The maximum Gasteiger partial charge on any atom is 0.229 e. The highest BCUT2D eigenvalue weighted by molar-refractivity contribution is 5.93. The Morgan fingerprint density at radius 1 is 1.17 bits per heavy atom. The number of rotatable bonds is 2. The number of nitrogens with zero attached hydrogens (tertiary/aromatic N) is 1. The average molecular weight is 244 g/mol. The molecule has 2 saturated heterocycles. The van der Waals surface area contributed by atoms with Crippen LogP contribution in [0.5, 0.6) is 0 Å². The van der Waals surface area contributed by atoms with E-state index in [1.54, 1.807) is 0 Å². The summed E-state index contributed by atoms with van der Waals surface area (Å²) in [6.45, 7) is 0. The molecule has 3 unspecified atom stereocenters. The zero-order chi connectivity index (χ0) is 12.5. The van der Waals surface area contributed by atoms with E-state index in [0.717, 1.165) is 18.2 Å². The van der Waals surface area contributed by atoms with E-state index >= 15 is 0 Å². The number of anilines is 1. The second-order valence-electron chi connectivity index (χ2n) is 5.50. The second-order valence-corrected chi connectivity index (χ2v) is 5.50. The van der Waals surface area contributed by atoms with E-state index in [1.165, 1.54) is 19.3 Å². The van der Waals surface area contributed by atoms with Crippen LogP contribution in [0, 0.1) is 5.92 Å². The summed E-state index contributed by atoms with van der Waals surface area (Å²) in [7, 11) is 2.17. The monoisotopic (exact) mass is 244 g/mol. The van der Waals surface area contributed by atoms with Gasteiger partial charge in [-0.1, -0.05) is 18.2 Å². The summed E-state index contributed by atoms with van der Waals surface area (Å²) in [5.41, 5.74) is 0.908. The molecule has 18 heavy (non-hydrogen) atoms. The summed E-state index contributed by atoms with van der Waals surface area (Å²) in [5, 5.41) is 3.05. The Morgan fingerprint density at radius 2 is 1.89 bits per heavy atom. The van der Waals surface area contributed by atoms with Crippen molar-refractivity contribution < 1.29 is 4.79 Å². The smallest absolute Gasteiger partial charge is 0.229 e. The number of nitrogens with one attached hydrogen (secondary N) is 1. The number of fused-ring (bicyclic) bond motifs is 2. The molecule has 2 heterocycles. The van der Waals surface area contributed by atoms with E-state index in [9.17, 15) is 4.79 Å². The molecule has 2 bridgehead atoms.